The Morgan fingerprint density at radius 2 is 1.93 bits per heavy atom. The molecule has 7 heteroatoms. The SMILES string of the molecule is Cc1cc([C@@H]2[C@H](c3ccccn3)NC(=S)N2CCCO)c(C)n1Cc1ccncc1. The van der Waals surface area contributed by atoms with Gasteiger partial charge in [-0.25, -0.2) is 0 Å². The predicted molar refractivity (Wildman–Crippen MR) is 121 cm³/mol. The minimum Gasteiger partial charge on any atom is -0.396 e. The van der Waals surface area contributed by atoms with Crippen molar-refractivity contribution in [2.45, 2.75) is 38.9 Å². The molecule has 2 N–H and O–H groups in total. The Hall–Kier alpha value is -2.77. The van der Waals surface area contributed by atoms with Crippen molar-refractivity contribution in [3.05, 3.63) is 83.2 Å². The minimum atomic E-state index is -0.0349. The Kier molecular flexibility index (Phi) is 6.11. The second-order valence-electron chi connectivity index (χ2n) is 7.67. The summed E-state index contributed by atoms with van der Waals surface area (Å²) in [6.45, 7) is 5.96. The van der Waals surface area contributed by atoms with Crippen LogP contribution in [-0.4, -0.2) is 42.8 Å². The van der Waals surface area contributed by atoms with Crippen LogP contribution in [-0.2, 0) is 6.54 Å². The Morgan fingerprint density at radius 3 is 2.63 bits per heavy atom. The third-order valence-electron chi connectivity index (χ3n) is 5.78. The molecule has 0 unspecified atom stereocenters. The zero-order valence-corrected chi connectivity index (χ0v) is 18.1. The van der Waals surface area contributed by atoms with E-state index >= 15 is 0 Å². The number of nitrogens with zero attached hydrogens (tertiary/aromatic N) is 4. The van der Waals surface area contributed by atoms with E-state index in [-0.39, 0.29) is 18.7 Å². The molecule has 0 aliphatic carbocycles. The van der Waals surface area contributed by atoms with Crippen molar-refractivity contribution >= 4 is 17.3 Å². The molecule has 1 saturated heterocycles. The zero-order chi connectivity index (χ0) is 21.1. The van der Waals surface area contributed by atoms with Crippen LogP contribution in [0.25, 0.3) is 0 Å². The van der Waals surface area contributed by atoms with Crippen LogP contribution in [0.2, 0.25) is 0 Å². The first-order valence-corrected chi connectivity index (χ1v) is 10.7. The normalized spacial score (nSPS) is 18.6. The summed E-state index contributed by atoms with van der Waals surface area (Å²) >= 11 is 5.69. The molecule has 1 aliphatic rings. The lowest BCUT2D eigenvalue weighted by Crippen LogP contribution is -2.31. The third-order valence-corrected chi connectivity index (χ3v) is 6.13. The van der Waals surface area contributed by atoms with Gasteiger partial charge in [0.25, 0.3) is 0 Å². The Balaban J connectivity index is 1.74. The molecule has 3 aromatic heterocycles. The van der Waals surface area contributed by atoms with Gasteiger partial charge in [0.2, 0.25) is 0 Å². The summed E-state index contributed by atoms with van der Waals surface area (Å²) in [5.74, 6) is 0. The molecule has 0 bridgehead atoms. The van der Waals surface area contributed by atoms with Crippen LogP contribution in [0.5, 0.6) is 0 Å². The van der Waals surface area contributed by atoms with Crippen molar-refractivity contribution in [1.29, 1.82) is 0 Å². The summed E-state index contributed by atoms with van der Waals surface area (Å²) in [4.78, 5) is 10.9. The van der Waals surface area contributed by atoms with Crippen LogP contribution in [0, 0.1) is 13.8 Å². The highest BCUT2D eigenvalue weighted by molar-refractivity contribution is 7.80. The van der Waals surface area contributed by atoms with Gasteiger partial charge in [0.15, 0.2) is 5.11 Å². The van der Waals surface area contributed by atoms with E-state index in [9.17, 15) is 5.11 Å². The molecule has 0 spiro atoms. The summed E-state index contributed by atoms with van der Waals surface area (Å²) in [7, 11) is 0. The molecule has 0 saturated carbocycles. The molecule has 1 aliphatic heterocycles. The van der Waals surface area contributed by atoms with Gasteiger partial charge in [0.05, 0.1) is 17.8 Å². The molecule has 2 atom stereocenters. The molecule has 156 valence electrons. The van der Waals surface area contributed by atoms with Gasteiger partial charge in [-0.2, -0.15) is 0 Å². The number of nitrogens with one attached hydrogen (secondary N) is 1. The number of aromatic nitrogens is 3. The van der Waals surface area contributed by atoms with Crippen LogP contribution >= 0.6 is 12.2 Å². The van der Waals surface area contributed by atoms with Gasteiger partial charge in [-0.3, -0.25) is 9.97 Å². The summed E-state index contributed by atoms with van der Waals surface area (Å²) in [6.07, 6.45) is 6.15. The molecule has 0 radical (unpaired) electrons. The Morgan fingerprint density at radius 1 is 1.13 bits per heavy atom. The fourth-order valence-electron chi connectivity index (χ4n) is 4.27. The van der Waals surface area contributed by atoms with Gasteiger partial charge < -0.3 is 19.9 Å². The van der Waals surface area contributed by atoms with Gasteiger partial charge in [-0.1, -0.05) is 6.07 Å². The zero-order valence-electron chi connectivity index (χ0n) is 17.3. The second-order valence-corrected chi connectivity index (χ2v) is 8.05. The minimum absolute atomic E-state index is 0.0244. The average Bonchev–Trinajstić information content (AvgIpc) is 3.24. The standard InChI is InChI=1S/C23H27N5OS/c1-16-14-19(17(2)28(16)15-18-7-10-24-11-8-18)22-21(20-6-3-4-9-25-20)26-23(30)27(22)12-5-13-29/h3-4,6-11,14,21-22,29H,5,12-13,15H2,1-2H3,(H,26,30)/t21-,22+/m0/s1. The number of rotatable bonds is 7. The van der Waals surface area contributed by atoms with E-state index in [0.717, 1.165) is 12.2 Å². The van der Waals surface area contributed by atoms with Crippen molar-refractivity contribution in [3.63, 3.8) is 0 Å². The van der Waals surface area contributed by atoms with E-state index in [1.54, 1.807) is 0 Å². The Labute approximate surface area is 182 Å². The van der Waals surface area contributed by atoms with Gasteiger partial charge in [0, 0.05) is 49.7 Å². The van der Waals surface area contributed by atoms with Crippen LogP contribution in [0.3, 0.4) is 0 Å². The van der Waals surface area contributed by atoms with E-state index in [1.165, 1.54) is 22.5 Å². The first-order valence-electron chi connectivity index (χ1n) is 10.2. The van der Waals surface area contributed by atoms with Gasteiger partial charge in [-0.05, 0) is 73.9 Å². The highest BCUT2D eigenvalue weighted by Gasteiger charge is 2.40. The summed E-state index contributed by atoms with van der Waals surface area (Å²) in [6, 6.07) is 12.3. The van der Waals surface area contributed by atoms with Gasteiger partial charge in [0.1, 0.15) is 0 Å². The topological polar surface area (TPSA) is 66.2 Å². The number of aryl methyl sites for hydroxylation is 1. The highest BCUT2D eigenvalue weighted by atomic mass is 32.1. The first kappa shape index (κ1) is 20.5. The fraction of sp³-hybridized carbons (Fsp3) is 0.348. The maximum Gasteiger partial charge on any atom is 0.170 e. The number of pyridine rings is 2. The summed E-state index contributed by atoms with van der Waals surface area (Å²) < 4.78 is 2.34. The number of aliphatic hydroxyl groups excluding tert-OH is 1. The number of thiocarbonyl (C=S) groups is 1. The quantitative estimate of drug-likeness (QED) is 0.571. The maximum atomic E-state index is 9.41. The van der Waals surface area contributed by atoms with Crippen LogP contribution in [0.1, 0.15) is 46.7 Å². The fourth-order valence-corrected chi connectivity index (χ4v) is 4.60. The van der Waals surface area contributed by atoms with Crippen LogP contribution in [0.15, 0.2) is 55.0 Å². The molecule has 3 aromatic rings. The van der Waals surface area contributed by atoms with Crippen LogP contribution in [0.4, 0.5) is 0 Å². The smallest absolute Gasteiger partial charge is 0.170 e. The molecule has 30 heavy (non-hydrogen) atoms. The Bertz CT molecular complexity index is 1010. The number of hydrogen-bond donors (Lipinski definition) is 2. The maximum absolute atomic E-state index is 9.41. The van der Waals surface area contributed by atoms with Gasteiger partial charge >= 0.3 is 0 Å². The van der Waals surface area contributed by atoms with Gasteiger partial charge in [-0.15, -0.1) is 0 Å². The monoisotopic (exact) mass is 421 g/mol. The van der Waals surface area contributed by atoms with E-state index in [4.69, 9.17) is 12.2 Å². The molecule has 6 nitrogen and oxygen atoms in total. The van der Waals surface area contributed by atoms with E-state index < -0.39 is 0 Å². The first-order chi connectivity index (χ1) is 14.6. The molecule has 4 rings (SSSR count). The molecular weight excluding hydrogens is 394 g/mol. The molecular formula is C23H27N5OS. The van der Waals surface area contributed by atoms with Crippen molar-refractivity contribution < 1.29 is 5.11 Å². The van der Waals surface area contributed by atoms with Crippen molar-refractivity contribution in [2.24, 2.45) is 0 Å². The van der Waals surface area contributed by atoms with E-state index in [0.29, 0.717) is 18.1 Å². The van der Waals surface area contributed by atoms with E-state index in [1.807, 2.05) is 36.8 Å². The lowest BCUT2D eigenvalue weighted by Gasteiger charge is -2.28. The average molecular weight is 422 g/mol. The lowest BCUT2D eigenvalue weighted by atomic mass is 9.96. The molecule has 1 fully saturated rings. The number of hydrogen-bond acceptors (Lipinski definition) is 4. The second kappa shape index (κ2) is 8.93. The van der Waals surface area contributed by atoms with E-state index in [2.05, 4.69) is 56.8 Å². The van der Waals surface area contributed by atoms with Crippen molar-refractivity contribution in [2.75, 3.05) is 13.2 Å². The molecule has 0 aromatic carbocycles. The predicted octanol–water partition coefficient (Wildman–Crippen LogP) is 3.30. The lowest BCUT2D eigenvalue weighted by molar-refractivity contribution is 0.247. The highest BCUT2D eigenvalue weighted by Crippen LogP contribution is 2.40. The summed E-state index contributed by atoms with van der Waals surface area (Å²) in [5.41, 5.74) is 5.85. The third kappa shape index (κ3) is 3.95. The van der Waals surface area contributed by atoms with Crippen LogP contribution < -0.4 is 5.32 Å². The van der Waals surface area contributed by atoms with Crippen molar-refractivity contribution in [1.82, 2.24) is 24.8 Å². The number of aliphatic hydroxyl groups is 1. The largest absolute Gasteiger partial charge is 0.396 e. The van der Waals surface area contributed by atoms with Crippen molar-refractivity contribution in [3.8, 4) is 0 Å². The summed E-state index contributed by atoms with van der Waals surface area (Å²) in [5, 5.41) is 13.6. The molecule has 0 amide bonds. The molecule has 4 heterocycles.